The summed E-state index contributed by atoms with van der Waals surface area (Å²) in [4.78, 5) is 14.8. The van der Waals surface area contributed by atoms with E-state index in [1.807, 2.05) is 25.1 Å². The molecular weight excluding hydrogens is 214 g/mol. The Morgan fingerprint density at radius 3 is 2.47 bits per heavy atom. The van der Waals surface area contributed by atoms with Crippen molar-refractivity contribution in [1.29, 1.82) is 0 Å². The molecule has 17 heavy (non-hydrogen) atoms. The van der Waals surface area contributed by atoms with E-state index >= 15 is 0 Å². The van der Waals surface area contributed by atoms with Crippen molar-refractivity contribution >= 4 is 6.29 Å². The molecule has 2 rings (SSSR count). The second kappa shape index (κ2) is 4.78. The van der Waals surface area contributed by atoms with Crippen molar-refractivity contribution in [2.75, 3.05) is 7.11 Å². The normalized spacial score (nSPS) is 10.0. The quantitative estimate of drug-likeness (QED) is 0.757. The second-order valence-corrected chi connectivity index (χ2v) is 3.75. The maximum atomic E-state index is 10.6. The molecule has 2 aromatic rings. The first-order valence-electron chi connectivity index (χ1n) is 5.31. The van der Waals surface area contributed by atoms with Crippen LogP contribution in [0.1, 0.15) is 15.9 Å². The lowest BCUT2D eigenvalue weighted by Gasteiger charge is -2.10. The minimum Gasteiger partial charge on any atom is -0.481 e. The third-order valence-corrected chi connectivity index (χ3v) is 2.65. The van der Waals surface area contributed by atoms with Crippen LogP contribution in [0, 0.1) is 6.92 Å². The molecule has 0 fully saturated rings. The van der Waals surface area contributed by atoms with Gasteiger partial charge in [0.25, 0.3) is 0 Å². The van der Waals surface area contributed by atoms with Crippen molar-refractivity contribution < 1.29 is 9.53 Å². The molecule has 0 amide bonds. The molecule has 0 aliphatic carbocycles. The Bertz CT molecular complexity index is 532. The van der Waals surface area contributed by atoms with E-state index in [0.29, 0.717) is 11.4 Å². The molecule has 86 valence electrons. The highest BCUT2D eigenvalue weighted by molar-refractivity contribution is 5.78. The first-order chi connectivity index (χ1) is 8.26. The summed E-state index contributed by atoms with van der Waals surface area (Å²) in [6.45, 7) is 2.01. The van der Waals surface area contributed by atoms with Gasteiger partial charge in [-0.05, 0) is 24.1 Å². The summed E-state index contributed by atoms with van der Waals surface area (Å²) in [6.07, 6.45) is 2.55. The first-order valence-corrected chi connectivity index (χ1v) is 5.31. The summed E-state index contributed by atoms with van der Waals surface area (Å²) < 4.78 is 5.26. The summed E-state index contributed by atoms with van der Waals surface area (Å²) in [5.41, 5.74) is 3.72. The molecular formula is C14H13NO2. The van der Waals surface area contributed by atoms with E-state index in [1.54, 1.807) is 25.4 Å². The largest absolute Gasteiger partial charge is 0.481 e. The average Bonchev–Trinajstić information content (AvgIpc) is 2.38. The van der Waals surface area contributed by atoms with Crippen molar-refractivity contribution in [1.82, 2.24) is 4.98 Å². The van der Waals surface area contributed by atoms with Crippen LogP contribution in [-0.4, -0.2) is 18.4 Å². The van der Waals surface area contributed by atoms with Gasteiger partial charge in [-0.2, -0.15) is 0 Å². The number of carbonyl (C=O) groups excluding carboxylic acids is 1. The lowest BCUT2D eigenvalue weighted by molar-refractivity contribution is 0.112. The standard InChI is InChI=1S/C14H13NO2/c1-10-7-8-15-14(17-2)13(10)12-5-3-11(9-16)4-6-12/h3-9H,1-2H3. The van der Waals surface area contributed by atoms with Crippen LogP contribution in [0.25, 0.3) is 11.1 Å². The van der Waals surface area contributed by atoms with E-state index in [0.717, 1.165) is 23.0 Å². The molecule has 0 unspecified atom stereocenters. The number of pyridine rings is 1. The Labute approximate surface area is 100 Å². The number of aryl methyl sites for hydroxylation is 1. The van der Waals surface area contributed by atoms with Crippen LogP contribution in [-0.2, 0) is 0 Å². The number of aromatic nitrogens is 1. The SMILES string of the molecule is COc1nccc(C)c1-c1ccc(C=O)cc1. The fourth-order valence-corrected chi connectivity index (χ4v) is 1.77. The lowest BCUT2D eigenvalue weighted by Crippen LogP contribution is -1.94. The Morgan fingerprint density at radius 2 is 1.88 bits per heavy atom. The molecule has 3 nitrogen and oxygen atoms in total. The number of hydrogen-bond acceptors (Lipinski definition) is 3. The van der Waals surface area contributed by atoms with Crippen LogP contribution < -0.4 is 4.74 Å². The van der Waals surface area contributed by atoms with Crippen molar-refractivity contribution in [2.45, 2.75) is 6.92 Å². The summed E-state index contributed by atoms with van der Waals surface area (Å²) >= 11 is 0. The molecule has 0 atom stereocenters. The van der Waals surface area contributed by atoms with Gasteiger partial charge in [-0.3, -0.25) is 4.79 Å². The van der Waals surface area contributed by atoms with Gasteiger partial charge >= 0.3 is 0 Å². The Balaban J connectivity index is 2.55. The highest BCUT2D eigenvalue weighted by Crippen LogP contribution is 2.30. The molecule has 0 bridgehead atoms. The molecule has 1 aromatic heterocycles. The smallest absolute Gasteiger partial charge is 0.221 e. The molecule has 1 aromatic carbocycles. The number of benzene rings is 1. The predicted octanol–water partition coefficient (Wildman–Crippen LogP) is 2.88. The molecule has 1 heterocycles. The summed E-state index contributed by atoms with van der Waals surface area (Å²) in [5, 5.41) is 0. The van der Waals surface area contributed by atoms with E-state index in [-0.39, 0.29) is 0 Å². The molecule has 0 aliphatic rings. The minimum atomic E-state index is 0.601. The highest BCUT2D eigenvalue weighted by atomic mass is 16.5. The zero-order valence-electron chi connectivity index (χ0n) is 9.81. The number of rotatable bonds is 3. The monoisotopic (exact) mass is 227 g/mol. The number of nitrogens with zero attached hydrogens (tertiary/aromatic N) is 1. The van der Waals surface area contributed by atoms with E-state index < -0.39 is 0 Å². The molecule has 0 aliphatic heterocycles. The van der Waals surface area contributed by atoms with E-state index in [4.69, 9.17) is 4.74 Å². The van der Waals surface area contributed by atoms with Crippen LogP contribution in [0.5, 0.6) is 5.88 Å². The zero-order valence-corrected chi connectivity index (χ0v) is 9.81. The van der Waals surface area contributed by atoms with Crippen LogP contribution in [0.2, 0.25) is 0 Å². The van der Waals surface area contributed by atoms with Gasteiger partial charge in [0.05, 0.1) is 7.11 Å². The molecule has 0 saturated carbocycles. The lowest BCUT2D eigenvalue weighted by atomic mass is 10.0. The van der Waals surface area contributed by atoms with E-state index in [9.17, 15) is 4.79 Å². The van der Waals surface area contributed by atoms with Gasteiger partial charge in [0.15, 0.2) is 0 Å². The van der Waals surface area contributed by atoms with Crippen molar-refractivity contribution in [3.8, 4) is 17.0 Å². The summed E-state index contributed by atoms with van der Waals surface area (Å²) in [7, 11) is 1.60. The van der Waals surface area contributed by atoms with Gasteiger partial charge in [-0.1, -0.05) is 24.3 Å². The first kappa shape index (κ1) is 11.3. The fourth-order valence-electron chi connectivity index (χ4n) is 1.77. The van der Waals surface area contributed by atoms with Crippen LogP contribution in [0.4, 0.5) is 0 Å². The number of carbonyl (C=O) groups is 1. The highest BCUT2D eigenvalue weighted by Gasteiger charge is 2.09. The number of hydrogen-bond donors (Lipinski definition) is 0. The number of aldehydes is 1. The molecule has 0 N–H and O–H groups in total. The molecule has 0 spiro atoms. The van der Waals surface area contributed by atoms with Gasteiger partial charge in [-0.15, -0.1) is 0 Å². The second-order valence-electron chi connectivity index (χ2n) is 3.75. The van der Waals surface area contributed by atoms with Crippen molar-refractivity contribution in [3.05, 3.63) is 47.7 Å². The number of methoxy groups -OCH3 is 1. The van der Waals surface area contributed by atoms with Crippen molar-refractivity contribution in [3.63, 3.8) is 0 Å². The Morgan fingerprint density at radius 1 is 1.18 bits per heavy atom. The van der Waals surface area contributed by atoms with E-state index in [1.165, 1.54) is 0 Å². The predicted molar refractivity (Wildman–Crippen MR) is 66.3 cm³/mol. The zero-order chi connectivity index (χ0) is 12.3. The van der Waals surface area contributed by atoms with Crippen molar-refractivity contribution in [2.24, 2.45) is 0 Å². The topological polar surface area (TPSA) is 39.2 Å². The third-order valence-electron chi connectivity index (χ3n) is 2.65. The minimum absolute atomic E-state index is 0.601. The number of ether oxygens (including phenoxy) is 1. The van der Waals surface area contributed by atoms with E-state index in [2.05, 4.69) is 4.98 Å². The Hall–Kier alpha value is -2.16. The molecule has 3 heteroatoms. The summed E-state index contributed by atoms with van der Waals surface area (Å²) in [5.74, 6) is 0.601. The van der Waals surface area contributed by atoms with Gasteiger partial charge in [0.1, 0.15) is 6.29 Å². The van der Waals surface area contributed by atoms with Gasteiger partial charge in [0.2, 0.25) is 5.88 Å². The molecule has 0 radical (unpaired) electrons. The van der Waals surface area contributed by atoms with Crippen LogP contribution in [0.3, 0.4) is 0 Å². The summed E-state index contributed by atoms with van der Waals surface area (Å²) in [6, 6.07) is 9.31. The Kier molecular flexibility index (Phi) is 3.19. The van der Waals surface area contributed by atoms with Gasteiger partial charge in [0, 0.05) is 17.3 Å². The maximum absolute atomic E-state index is 10.6. The maximum Gasteiger partial charge on any atom is 0.221 e. The third kappa shape index (κ3) is 2.18. The fraction of sp³-hybridized carbons (Fsp3) is 0.143. The van der Waals surface area contributed by atoms with Gasteiger partial charge < -0.3 is 4.74 Å². The van der Waals surface area contributed by atoms with Crippen LogP contribution in [0.15, 0.2) is 36.5 Å². The molecule has 0 saturated heterocycles. The van der Waals surface area contributed by atoms with Gasteiger partial charge in [-0.25, -0.2) is 4.98 Å². The average molecular weight is 227 g/mol. The van der Waals surface area contributed by atoms with Crippen LogP contribution >= 0.6 is 0 Å².